The Kier molecular flexibility index (Phi) is 5.72. The van der Waals surface area contributed by atoms with Crippen LogP contribution in [0, 0.1) is 0 Å². The maximum atomic E-state index is 11.3. The van der Waals surface area contributed by atoms with E-state index in [1.165, 1.54) is 0 Å². The van der Waals surface area contributed by atoms with Gasteiger partial charge < -0.3 is 15.8 Å². The van der Waals surface area contributed by atoms with E-state index in [4.69, 9.17) is 22.1 Å². The molecule has 1 aromatic rings. The van der Waals surface area contributed by atoms with Gasteiger partial charge >= 0.3 is 0 Å². The van der Waals surface area contributed by atoms with Crippen molar-refractivity contribution in [2.45, 2.75) is 6.42 Å². The standard InChI is InChI=1S/C11H13ClN2O2S/c12-8-1-3-9(4-2-8)16-6-5-11(15)14-7-10(13)17/h1-4H,5-7H2,(H2,13,17)(H,14,15). The predicted molar refractivity (Wildman–Crippen MR) is 71.4 cm³/mol. The Bertz CT molecular complexity index is 395. The smallest absolute Gasteiger partial charge is 0.223 e. The maximum Gasteiger partial charge on any atom is 0.223 e. The van der Waals surface area contributed by atoms with Gasteiger partial charge in [0.2, 0.25) is 5.91 Å². The summed E-state index contributed by atoms with van der Waals surface area (Å²) in [5, 5.41) is 3.22. The first-order chi connectivity index (χ1) is 8.08. The first-order valence-corrected chi connectivity index (χ1v) is 5.80. The highest BCUT2D eigenvalue weighted by Crippen LogP contribution is 2.15. The van der Waals surface area contributed by atoms with E-state index in [0.717, 1.165) is 0 Å². The summed E-state index contributed by atoms with van der Waals surface area (Å²) in [6.45, 7) is 0.514. The number of hydrogen-bond donors (Lipinski definition) is 2. The fourth-order valence-corrected chi connectivity index (χ4v) is 1.26. The monoisotopic (exact) mass is 272 g/mol. The van der Waals surface area contributed by atoms with Crippen molar-refractivity contribution >= 4 is 34.7 Å². The molecule has 6 heteroatoms. The van der Waals surface area contributed by atoms with E-state index in [1.807, 2.05) is 0 Å². The van der Waals surface area contributed by atoms with Gasteiger partial charge in [0, 0.05) is 5.02 Å². The van der Waals surface area contributed by atoms with Gasteiger partial charge in [0.25, 0.3) is 0 Å². The van der Waals surface area contributed by atoms with Crippen LogP contribution in [-0.2, 0) is 4.79 Å². The average molecular weight is 273 g/mol. The molecule has 1 rings (SSSR count). The van der Waals surface area contributed by atoms with Crippen LogP contribution in [0.3, 0.4) is 0 Å². The Morgan fingerprint density at radius 3 is 2.65 bits per heavy atom. The number of carbonyl (C=O) groups excluding carboxylic acids is 1. The second-order valence-electron chi connectivity index (χ2n) is 3.30. The van der Waals surface area contributed by atoms with Crippen molar-refractivity contribution in [1.29, 1.82) is 0 Å². The molecule has 0 aliphatic carbocycles. The third-order valence-electron chi connectivity index (χ3n) is 1.87. The summed E-state index contributed by atoms with van der Waals surface area (Å²) >= 11 is 10.4. The minimum atomic E-state index is -0.147. The lowest BCUT2D eigenvalue weighted by atomic mass is 10.3. The van der Waals surface area contributed by atoms with E-state index in [-0.39, 0.29) is 23.9 Å². The molecule has 0 bridgehead atoms. The van der Waals surface area contributed by atoms with Crippen molar-refractivity contribution < 1.29 is 9.53 Å². The van der Waals surface area contributed by atoms with Crippen LogP contribution in [0.2, 0.25) is 5.02 Å². The lowest BCUT2D eigenvalue weighted by Crippen LogP contribution is -2.32. The number of hydrogen-bond acceptors (Lipinski definition) is 3. The predicted octanol–water partition coefficient (Wildman–Crippen LogP) is 1.51. The Balaban J connectivity index is 2.21. The number of nitrogens with one attached hydrogen (secondary N) is 1. The fraction of sp³-hybridized carbons (Fsp3) is 0.273. The highest BCUT2D eigenvalue weighted by Gasteiger charge is 2.02. The van der Waals surface area contributed by atoms with Gasteiger partial charge in [-0.05, 0) is 24.3 Å². The highest BCUT2D eigenvalue weighted by molar-refractivity contribution is 7.80. The van der Waals surface area contributed by atoms with Crippen LogP contribution in [0.15, 0.2) is 24.3 Å². The van der Waals surface area contributed by atoms with E-state index in [2.05, 4.69) is 17.5 Å². The second-order valence-corrected chi connectivity index (χ2v) is 4.26. The molecule has 4 nitrogen and oxygen atoms in total. The molecule has 0 saturated heterocycles. The van der Waals surface area contributed by atoms with Gasteiger partial charge in [0.15, 0.2) is 0 Å². The van der Waals surface area contributed by atoms with E-state index in [9.17, 15) is 4.79 Å². The van der Waals surface area contributed by atoms with Gasteiger partial charge in [-0.3, -0.25) is 4.79 Å². The summed E-state index contributed by atoms with van der Waals surface area (Å²) in [6.07, 6.45) is 0.255. The van der Waals surface area contributed by atoms with Gasteiger partial charge in [-0.25, -0.2) is 0 Å². The van der Waals surface area contributed by atoms with Crippen molar-refractivity contribution in [2.75, 3.05) is 13.2 Å². The molecule has 0 radical (unpaired) electrons. The van der Waals surface area contributed by atoms with Gasteiger partial charge in [0.1, 0.15) is 5.75 Å². The summed E-state index contributed by atoms with van der Waals surface area (Å²) < 4.78 is 5.35. The third kappa shape index (κ3) is 6.09. The third-order valence-corrected chi connectivity index (χ3v) is 2.27. The molecule has 0 unspecified atom stereocenters. The summed E-state index contributed by atoms with van der Waals surface area (Å²) in [6, 6.07) is 6.94. The Morgan fingerprint density at radius 1 is 1.41 bits per heavy atom. The van der Waals surface area contributed by atoms with Crippen LogP contribution >= 0.6 is 23.8 Å². The molecule has 1 amide bonds. The van der Waals surface area contributed by atoms with E-state index < -0.39 is 0 Å². The SMILES string of the molecule is NC(=S)CNC(=O)CCOc1ccc(Cl)cc1. The Hall–Kier alpha value is -1.33. The van der Waals surface area contributed by atoms with Crippen molar-refractivity contribution in [3.8, 4) is 5.75 Å². The van der Waals surface area contributed by atoms with E-state index in [0.29, 0.717) is 17.4 Å². The zero-order valence-corrected chi connectivity index (χ0v) is 10.7. The van der Waals surface area contributed by atoms with Gasteiger partial charge in [-0.1, -0.05) is 23.8 Å². The molecule has 3 N–H and O–H groups in total. The van der Waals surface area contributed by atoms with Crippen LogP contribution in [0.25, 0.3) is 0 Å². The molecule has 17 heavy (non-hydrogen) atoms. The number of thiocarbonyl (C=S) groups is 1. The summed E-state index contributed by atoms with van der Waals surface area (Å²) in [5.41, 5.74) is 5.25. The minimum absolute atomic E-state index is 0.147. The van der Waals surface area contributed by atoms with Crippen LogP contribution < -0.4 is 15.8 Å². The number of amides is 1. The van der Waals surface area contributed by atoms with Crippen LogP contribution in [0.1, 0.15) is 6.42 Å². The Morgan fingerprint density at radius 2 is 2.06 bits per heavy atom. The molecule has 0 spiro atoms. The lowest BCUT2D eigenvalue weighted by molar-refractivity contribution is -0.121. The summed E-state index contributed by atoms with van der Waals surface area (Å²) in [4.78, 5) is 11.5. The molecule has 92 valence electrons. The molecule has 0 heterocycles. The van der Waals surface area contributed by atoms with Crippen LogP contribution in [0.4, 0.5) is 0 Å². The number of carbonyl (C=O) groups is 1. The van der Waals surface area contributed by atoms with Gasteiger partial charge in [-0.15, -0.1) is 0 Å². The van der Waals surface area contributed by atoms with E-state index in [1.54, 1.807) is 24.3 Å². The maximum absolute atomic E-state index is 11.3. The second kappa shape index (κ2) is 7.09. The number of ether oxygens (including phenoxy) is 1. The molecule has 1 aromatic carbocycles. The van der Waals surface area contributed by atoms with Crippen molar-refractivity contribution in [2.24, 2.45) is 5.73 Å². The number of nitrogens with two attached hydrogens (primary N) is 1. The topological polar surface area (TPSA) is 64.3 Å². The zero-order valence-electron chi connectivity index (χ0n) is 9.11. The number of rotatable bonds is 6. The van der Waals surface area contributed by atoms with E-state index >= 15 is 0 Å². The average Bonchev–Trinajstić information content (AvgIpc) is 2.29. The van der Waals surface area contributed by atoms with Gasteiger partial charge in [-0.2, -0.15) is 0 Å². The molecule has 0 saturated carbocycles. The minimum Gasteiger partial charge on any atom is -0.493 e. The number of benzene rings is 1. The molecular formula is C11H13ClN2O2S. The molecule has 0 fully saturated rings. The molecule has 0 atom stereocenters. The quantitative estimate of drug-likeness (QED) is 0.771. The van der Waals surface area contributed by atoms with Crippen LogP contribution in [0.5, 0.6) is 5.75 Å². The Labute approximate surface area is 110 Å². The lowest BCUT2D eigenvalue weighted by Gasteiger charge is -2.06. The largest absolute Gasteiger partial charge is 0.493 e. The molecular weight excluding hydrogens is 260 g/mol. The first kappa shape index (κ1) is 13.7. The summed E-state index contributed by atoms with van der Waals surface area (Å²) in [7, 11) is 0. The highest BCUT2D eigenvalue weighted by atomic mass is 35.5. The van der Waals surface area contributed by atoms with Crippen LogP contribution in [-0.4, -0.2) is 24.0 Å². The normalized spacial score (nSPS) is 9.71. The van der Waals surface area contributed by atoms with Crippen molar-refractivity contribution in [1.82, 2.24) is 5.32 Å². The molecule has 0 aliphatic rings. The zero-order chi connectivity index (χ0) is 12.7. The first-order valence-electron chi connectivity index (χ1n) is 5.01. The molecule has 0 aromatic heterocycles. The number of halogens is 1. The molecule has 0 aliphatic heterocycles. The summed E-state index contributed by atoms with van der Waals surface area (Å²) in [5.74, 6) is 0.531. The van der Waals surface area contributed by atoms with Crippen molar-refractivity contribution in [3.05, 3.63) is 29.3 Å². The fourth-order valence-electron chi connectivity index (χ4n) is 1.07. The van der Waals surface area contributed by atoms with Crippen molar-refractivity contribution in [3.63, 3.8) is 0 Å². The van der Waals surface area contributed by atoms with Gasteiger partial charge in [0.05, 0.1) is 24.6 Å².